The number of carbonyl (C=O) groups is 1. The molecule has 2 heterocycles. The fourth-order valence-electron chi connectivity index (χ4n) is 3.54. The average Bonchev–Trinajstić information content (AvgIpc) is 3.36. The van der Waals surface area contributed by atoms with E-state index in [0.717, 1.165) is 34.3 Å². The molecule has 30 heavy (non-hydrogen) atoms. The van der Waals surface area contributed by atoms with Gasteiger partial charge in [-0.3, -0.25) is 9.48 Å². The summed E-state index contributed by atoms with van der Waals surface area (Å²) in [6, 6.07) is 18.1. The highest BCUT2D eigenvalue weighted by atomic mass is 16.3. The van der Waals surface area contributed by atoms with Crippen LogP contribution in [0.15, 0.2) is 77.5 Å². The number of fused-ring (bicyclic) bond motifs is 1. The molecule has 1 amide bonds. The van der Waals surface area contributed by atoms with Crippen LogP contribution in [0, 0.1) is 0 Å². The Morgan fingerprint density at radius 3 is 2.67 bits per heavy atom. The normalized spacial score (nSPS) is 11.4. The SMILES string of the molecule is CCc1oc2ccccc2c1/C=C/C(=O)N(C)Cc1cnn(Cc2ccccc2)c1. The Balaban J connectivity index is 1.42. The second kappa shape index (κ2) is 8.82. The van der Waals surface area contributed by atoms with Gasteiger partial charge in [-0.15, -0.1) is 0 Å². The monoisotopic (exact) mass is 399 g/mol. The van der Waals surface area contributed by atoms with Crippen molar-refractivity contribution in [1.29, 1.82) is 0 Å². The molecule has 0 atom stereocenters. The van der Waals surface area contributed by atoms with E-state index in [9.17, 15) is 4.79 Å². The first-order chi connectivity index (χ1) is 14.6. The van der Waals surface area contributed by atoms with E-state index in [1.54, 1.807) is 18.0 Å². The van der Waals surface area contributed by atoms with Crippen LogP contribution in [0.5, 0.6) is 0 Å². The van der Waals surface area contributed by atoms with Crippen LogP contribution in [0.4, 0.5) is 0 Å². The molecule has 0 radical (unpaired) electrons. The third kappa shape index (κ3) is 4.35. The Morgan fingerprint density at radius 1 is 1.10 bits per heavy atom. The number of amides is 1. The number of benzene rings is 2. The van der Waals surface area contributed by atoms with Crippen molar-refractivity contribution < 1.29 is 9.21 Å². The maximum absolute atomic E-state index is 12.7. The molecule has 0 spiro atoms. The van der Waals surface area contributed by atoms with Crippen LogP contribution < -0.4 is 0 Å². The molecule has 152 valence electrons. The lowest BCUT2D eigenvalue weighted by Crippen LogP contribution is -2.23. The molecule has 5 heteroatoms. The number of aromatic nitrogens is 2. The third-order valence-corrected chi connectivity index (χ3v) is 5.09. The average molecular weight is 399 g/mol. The molecule has 2 aromatic heterocycles. The maximum atomic E-state index is 12.7. The summed E-state index contributed by atoms with van der Waals surface area (Å²) in [5, 5.41) is 5.45. The molecule has 0 bridgehead atoms. The van der Waals surface area contributed by atoms with Crippen molar-refractivity contribution in [1.82, 2.24) is 14.7 Å². The molecule has 0 N–H and O–H groups in total. The predicted molar refractivity (Wildman–Crippen MR) is 119 cm³/mol. The first-order valence-electron chi connectivity index (χ1n) is 10.1. The van der Waals surface area contributed by atoms with E-state index in [1.807, 2.05) is 65.6 Å². The van der Waals surface area contributed by atoms with E-state index >= 15 is 0 Å². The number of hydrogen-bond donors (Lipinski definition) is 0. The van der Waals surface area contributed by atoms with Crippen molar-refractivity contribution in [3.05, 3.63) is 95.5 Å². The van der Waals surface area contributed by atoms with Crippen LogP contribution in [-0.2, 0) is 24.3 Å². The Kier molecular flexibility index (Phi) is 5.80. The summed E-state index contributed by atoms with van der Waals surface area (Å²) in [6.07, 6.45) is 8.06. The first kappa shape index (κ1) is 19.7. The molecular weight excluding hydrogens is 374 g/mol. The largest absolute Gasteiger partial charge is 0.460 e. The van der Waals surface area contributed by atoms with Gasteiger partial charge < -0.3 is 9.32 Å². The summed E-state index contributed by atoms with van der Waals surface area (Å²) in [7, 11) is 1.80. The fraction of sp³-hybridized carbons (Fsp3) is 0.200. The molecule has 0 saturated heterocycles. The Hall–Kier alpha value is -3.60. The van der Waals surface area contributed by atoms with Crippen LogP contribution in [0.1, 0.15) is 29.4 Å². The quantitative estimate of drug-likeness (QED) is 0.415. The van der Waals surface area contributed by atoms with Crippen LogP contribution in [-0.4, -0.2) is 27.6 Å². The van der Waals surface area contributed by atoms with Gasteiger partial charge in [-0.1, -0.05) is 55.5 Å². The van der Waals surface area contributed by atoms with E-state index in [1.165, 1.54) is 5.56 Å². The van der Waals surface area contributed by atoms with Gasteiger partial charge >= 0.3 is 0 Å². The third-order valence-electron chi connectivity index (χ3n) is 5.09. The molecule has 2 aromatic carbocycles. The lowest BCUT2D eigenvalue weighted by atomic mass is 10.1. The number of aryl methyl sites for hydroxylation is 1. The number of carbonyl (C=O) groups excluding carboxylic acids is 1. The predicted octanol–water partition coefficient (Wildman–Crippen LogP) is 4.91. The van der Waals surface area contributed by atoms with Crippen molar-refractivity contribution in [3.63, 3.8) is 0 Å². The Labute approximate surface area is 176 Å². The van der Waals surface area contributed by atoms with Crippen LogP contribution in [0.25, 0.3) is 17.0 Å². The Bertz CT molecular complexity index is 1170. The van der Waals surface area contributed by atoms with Gasteiger partial charge in [0.2, 0.25) is 5.91 Å². The zero-order valence-electron chi connectivity index (χ0n) is 17.3. The molecule has 0 aliphatic carbocycles. The minimum Gasteiger partial charge on any atom is -0.460 e. The summed E-state index contributed by atoms with van der Waals surface area (Å²) < 4.78 is 7.79. The van der Waals surface area contributed by atoms with E-state index < -0.39 is 0 Å². The molecule has 4 aromatic rings. The van der Waals surface area contributed by atoms with Crippen LogP contribution in [0.2, 0.25) is 0 Å². The van der Waals surface area contributed by atoms with Gasteiger partial charge in [0.05, 0.1) is 12.7 Å². The van der Waals surface area contributed by atoms with E-state index in [0.29, 0.717) is 13.1 Å². The highest BCUT2D eigenvalue weighted by Crippen LogP contribution is 2.27. The van der Waals surface area contributed by atoms with Gasteiger partial charge in [0, 0.05) is 48.8 Å². The minimum absolute atomic E-state index is 0.0573. The topological polar surface area (TPSA) is 51.3 Å². The van der Waals surface area contributed by atoms with E-state index in [-0.39, 0.29) is 5.91 Å². The molecule has 4 rings (SSSR count). The summed E-state index contributed by atoms with van der Waals surface area (Å²) >= 11 is 0. The summed E-state index contributed by atoms with van der Waals surface area (Å²) in [5.41, 5.74) is 4.02. The summed E-state index contributed by atoms with van der Waals surface area (Å²) in [5.74, 6) is 0.836. The number of para-hydroxylation sites is 1. The second-order valence-corrected chi connectivity index (χ2v) is 7.35. The lowest BCUT2D eigenvalue weighted by Gasteiger charge is -2.13. The van der Waals surface area contributed by atoms with E-state index in [4.69, 9.17) is 4.42 Å². The van der Waals surface area contributed by atoms with Crippen molar-refractivity contribution >= 4 is 23.0 Å². The smallest absolute Gasteiger partial charge is 0.246 e. The second-order valence-electron chi connectivity index (χ2n) is 7.35. The summed E-state index contributed by atoms with van der Waals surface area (Å²) in [6.45, 7) is 3.27. The van der Waals surface area contributed by atoms with Crippen LogP contribution >= 0.6 is 0 Å². The zero-order chi connectivity index (χ0) is 20.9. The fourth-order valence-corrected chi connectivity index (χ4v) is 3.54. The molecule has 0 saturated carbocycles. The zero-order valence-corrected chi connectivity index (χ0v) is 17.3. The van der Waals surface area contributed by atoms with Crippen molar-refractivity contribution in [2.45, 2.75) is 26.4 Å². The van der Waals surface area contributed by atoms with Crippen molar-refractivity contribution in [2.24, 2.45) is 0 Å². The Morgan fingerprint density at radius 2 is 1.87 bits per heavy atom. The van der Waals surface area contributed by atoms with Gasteiger partial charge in [0.15, 0.2) is 0 Å². The van der Waals surface area contributed by atoms with Crippen LogP contribution in [0.3, 0.4) is 0 Å². The lowest BCUT2D eigenvalue weighted by molar-refractivity contribution is -0.125. The first-order valence-corrected chi connectivity index (χ1v) is 10.1. The van der Waals surface area contributed by atoms with Gasteiger partial charge in [-0.05, 0) is 17.7 Å². The molecule has 0 aliphatic rings. The number of rotatable bonds is 7. The van der Waals surface area contributed by atoms with E-state index in [2.05, 4.69) is 24.2 Å². The number of hydrogen-bond acceptors (Lipinski definition) is 3. The highest BCUT2D eigenvalue weighted by molar-refractivity contribution is 5.96. The maximum Gasteiger partial charge on any atom is 0.246 e. The number of nitrogens with zero attached hydrogens (tertiary/aromatic N) is 3. The molecule has 0 fully saturated rings. The molecular formula is C25H25N3O2. The standard InChI is InChI=1S/C25H25N3O2/c1-3-23-22(21-11-7-8-12-24(21)30-23)13-14-25(29)27(2)16-20-15-26-28(18-20)17-19-9-5-4-6-10-19/h4-15,18H,3,16-17H2,1-2H3/b14-13+. The van der Waals surface area contributed by atoms with Crippen molar-refractivity contribution in [3.8, 4) is 0 Å². The number of furan rings is 1. The van der Waals surface area contributed by atoms with Gasteiger partial charge in [0.1, 0.15) is 11.3 Å². The molecule has 0 unspecified atom stereocenters. The van der Waals surface area contributed by atoms with Gasteiger partial charge in [-0.25, -0.2) is 0 Å². The summed E-state index contributed by atoms with van der Waals surface area (Å²) in [4.78, 5) is 14.3. The minimum atomic E-state index is -0.0573. The molecule has 0 aliphatic heterocycles. The molecule has 5 nitrogen and oxygen atoms in total. The highest BCUT2D eigenvalue weighted by Gasteiger charge is 2.12. The van der Waals surface area contributed by atoms with Gasteiger partial charge in [-0.2, -0.15) is 5.10 Å². The number of likely N-dealkylation sites (N-methyl/N-ethyl adjacent to an activating group) is 1. The van der Waals surface area contributed by atoms with Crippen molar-refractivity contribution in [2.75, 3.05) is 7.05 Å². The van der Waals surface area contributed by atoms with Gasteiger partial charge in [0.25, 0.3) is 0 Å².